The van der Waals surface area contributed by atoms with Crippen LogP contribution in [-0.4, -0.2) is 37.4 Å². The predicted octanol–water partition coefficient (Wildman–Crippen LogP) is 1.69. The first kappa shape index (κ1) is 11.8. The fraction of sp³-hybridized carbons (Fsp3) is 0.500. The van der Waals surface area contributed by atoms with E-state index in [0.29, 0.717) is 13.2 Å². The van der Waals surface area contributed by atoms with Gasteiger partial charge in [-0.05, 0) is 24.6 Å². The van der Waals surface area contributed by atoms with Crippen LogP contribution in [0, 0.1) is 0 Å². The van der Waals surface area contributed by atoms with Gasteiger partial charge < -0.3 is 14.2 Å². The maximum absolute atomic E-state index is 12.4. The van der Waals surface area contributed by atoms with E-state index in [2.05, 4.69) is 10.2 Å². The minimum absolute atomic E-state index is 0.0152. The molecule has 0 spiro atoms. The number of rotatable bonds is 3. The number of benzene rings is 1. The molecule has 20 heavy (non-hydrogen) atoms. The number of azo groups is 1. The van der Waals surface area contributed by atoms with Crippen LogP contribution in [0.5, 0.6) is 11.5 Å². The SMILES string of the molecule is CC1(C(=O)C2N=NCC2c2ccc3c(c2)OCO3)CO1. The largest absolute Gasteiger partial charge is 0.454 e. The molecule has 0 amide bonds. The number of fused-ring (bicyclic) bond motifs is 1. The average molecular weight is 274 g/mol. The van der Waals surface area contributed by atoms with Gasteiger partial charge in [0, 0.05) is 5.92 Å². The molecule has 6 heteroatoms. The highest BCUT2D eigenvalue weighted by Crippen LogP contribution is 2.40. The van der Waals surface area contributed by atoms with E-state index < -0.39 is 11.6 Å². The third kappa shape index (κ3) is 1.71. The fourth-order valence-electron chi connectivity index (χ4n) is 2.63. The summed E-state index contributed by atoms with van der Waals surface area (Å²) in [5.41, 5.74) is 0.338. The van der Waals surface area contributed by atoms with E-state index in [4.69, 9.17) is 14.2 Å². The number of hydrogen-bond donors (Lipinski definition) is 0. The molecule has 104 valence electrons. The molecule has 1 saturated heterocycles. The number of carbonyl (C=O) groups is 1. The zero-order chi connectivity index (χ0) is 13.7. The first-order valence-electron chi connectivity index (χ1n) is 6.62. The van der Waals surface area contributed by atoms with Gasteiger partial charge in [0.25, 0.3) is 0 Å². The van der Waals surface area contributed by atoms with E-state index >= 15 is 0 Å². The zero-order valence-electron chi connectivity index (χ0n) is 11.0. The van der Waals surface area contributed by atoms with E-state index in [-0.39, 0.29) is 18.5 Å². The van der Waals surface area contributed by atoms with Gasteiger partial charge in [-0.2, -0.15) is 10.2 Å². The number of carbonyl (C=O) groups excluding carboxylic acids is 1. The fourth-order valence-corrected chi connectivity index (χ4v) is 2.63. The molecule has 0 aliphatic carbocycles. The number of ether oxygens (including phenoxy) is 3. The van der Waals surface area contributed by atoms with E-state index in [1.54, 1.807) is 6.92 Å². The van der Waals surface area contributed by atoms with E-state index in [9.17, 15) is 4.79 Å². The molecule has 0 bridgehead atoms. The summed E-state index contributed by atoms with van der Waals surface area (Å²) in [6.07, 6.45) is 0. The molecule has 3 aliphatic heterocycles. The van der Waals surface area contributed by atoms with Gasteiger partial charge >= 0.3 is 0 Å². The van der Waals surface area contributed by atoms with Crippen LogP contribution in [0.2, 0.25) is 0 Å². The molecule has 0 radical (unpaired) electrons. The van der Waals surface area contributed by atoms with Gasteiger partial charge in [0.15, 0.2) is 17.3 Å². The van der Waals surface area contributed by atoms with Crippen molar-refractivity contribution in [2.75, 3.05) is 19.9 Å². The van der Waals surface area contributed by atoms with E-state index in [1.165, 1.54) is 0 Å². The minimum Gasteiger partial charge on any atom is -0.454 e. The van der Waals surface area contributed by atoms with Crippen molar-refractivity contribution in [2.45, 2.75) is 24.5 Å². The Bertz CT molecular complexity index is 609. The predicted molar refractivity (Wildman–Crippen MR) is 68.2 cm³/mol. The van der Waals surface area contributed by atoms with Gasteiger partial charge in [0.05, 0.1) is 13.2 Å². The normalized spacial score (nSPS) is 33.5. The molecule has 1 aromatic carbocycles. The van der Waals surface area contributed by atoms with Crippen LogP contribution in [0.3, 0.4) is 0 Å². The molecule has 1 aromatic rings. The summed E-state index contributed by atoms with van der Waals surface area (Å²) in [5.74, 6) is 1.43. The molecule has 4 rings (SSSR count). The van der Waals surface area contributed by atoms with Crippen molar-refractivity contribution in [1.82, 2.24) is 0 Å². The Morgan fingerprint density at radius 1 is 1.35 bits per heavy atom. The van der Waals surface area contributed by atoms with Crippen molar-refractivity contribution in [3.8, 4) is 11.5 Å². The van der Waals surface area contributed by atoms with Gasteiger partial charge in [-0.3, -0.25) is 4.79 Å². The first-order valence-corrected chi connectivity index (χ1v) is 6.62. The Balaban J connectivity index is 1.63. The van der Waals surface area contributed by atoms with Gasteiger partial charge in [-0.25, -0.2) is 0 Å². The maximum Gasteiger partial charge on any atom is 0.231 e. The van der Waals surface area contributed by atoms with Crippen LogP contribution in [0.25, 0.3) is 0 Å². The standard InChI is InChI=1S/C14H14N2O4/c1-14(6-20-14)13(17)12-9(5-15-16-12)8-2-3-10-11(4-8)19-7-18-10/h2-4,9,12H,5-7H2,1H3. The molecule has 3 aliphatic rings. The smallest absolute Gasteiger partial charge is 0.231 e. The van der Waals surface area contributed by atoms with Crippen molar-refractivity contribution >= 4 is 5.78 Å². The van der Waals surface area contributed by atoms with Crippen molar-refractivity contribution in [2.24, 2.45) is 10.2 Å². The topological polar surface area (TPSA) is 72.8 Å². The monoisotopic (exact) mass is 274 g/mol. The van der Waals surface area contributed by atoms with Crippen molar-refractivity contribution in [3.05, 3.63) is 23.8 Å². The summed E-state index contributed by atoms with van der Waals surface area (Å²) in [4.78, 5) is 12.4. The third-order valence-electron chi connectivity index (χ3n) is 4.06. The summed E-state index contributed by atoms with van der Waals surface area (Å²) in [6, 6.07) is 5.28. The van der Waals surface area contributed by atoms with E-state index in [1.807, 2.05) is 18.2 Å². The van der Waals surface area contributed by atoms with Gasteiger partial charge in [-0.1, -0.05) is 6.07 Å². The molecular weight excluding hydrogens is 260 g/mol. The molecule has 3 unspecified atom stereocenters. The van der Waals surface area contributed by atoms with Crippen LogP contribution in [0.4, 0.5) is 0 Å². The summed E-state index contributed by atoms with van der Waals surface area (Å²) in [6.45, 7) is 3.05. The number of ketones is 1. The minimum atomic E-state index is -0.664. The lowest BCUT2D eigenvalue weighted by atomic mass is 9.86. The Morgan fingerprint density at radius 2 is 2.15 bits per heavy atom. The van der Waals surface area contributed by atoms with Crippen LogP contribution in [0.15, 0.2) is 28.4 Å². The molecule has 3 atom stereocenters. The second-order valence-electron chi connectivity index (χ2n) is 5.49. The van der Waals surface area contributed by atoms with Gasteiger partial charge in [-0.15, -0.1) is 0 Å². The number of epoxide rings is 1. The molecular formula is C14H14N2O4. The van der Waals surface area contributed by atoms with Crippen LogP contribution < -0.4 is 9.47 Å². The maximum atomic E-state index is 12.4. The van der Waals surface area contributed by atoms with Gasteiger partial charge in [0.1, 0.15) is 11.6 Å². The Hall–Kier alpha value is -1.95. The summed E-state index contributed by atoms with van der Waals surface area (Å²) in [5, 5.41) is 8.17. The Kier molecular flexibility index (Phi) is 2.38. The average Bonchev–Trinajstić information content (AvgIpc) is 2.93. The summed E-state index contributed by atoms with van der Waals surface area (Å²) >= 11 is 0. The zero-order valence-corrected chi connectivity index (χ0v) is 11.0. The second-order valence-corrected chi connectivity index (χ2v) is 5.49. The second kappa shape index (κ2) is 4.02. The Morgan fingerprint density at radius 3 is 2.95 bits per heavy atom. The number of nitrogens with zero attached hydrogens (tertiary/aromatic N) is 2. The molecule has 0 aromatic heterocycles. The molecule has 0 N–H and O–H groups in total. The molecule has 1 fully saturated rings. The third-order valence-corrected chi connectivity index (χ3v) is 4.06. The molecule has 3 heterocycles. The molecule has 6 nitrogen and oxygen atoms in total. The van der Waals surface area contributed by atoms with Crippen molar-refractivity contribution in [1.29, 1.82) is 0 Å². The van der Waals surface area contributed by atoms with Gasteiger partial charge in [0.2, 0.25) is 6.79 Å². The van der Waals surface area contributed by atoms with Crippen LogP contribution in [0.1, 0.15) is 18.4 Å². The quantitative estimate of drug-likeness (QED) is 0.786. The van der Waals surface area contributed by atoms with E-state index in [0.717, 1.165) is 17.1 Å². The highest BCUT2D eigenvalue weighted by atomic mass is 16.7. The van der Waals surface area contributed by atoms with Crippen molar-refractivity contribution < 1.29 is 19.0 Å². The first-order chi connectivity index (χ1) is 9.67. The van der Waals surface area contributed by atoms with Crippen molar-refractivity contribution in [3.63, 3.8) is 0 Å². The number of Topliss-reactive ketones (excluding diaryl/α,β-unsaturated/α-hetero) is 1. The lowest BCUT2D eigenvalue weighted by Crippen LogP contribution is -2.34. The molecule has 0 saturated carbocycles. The Labute approximate surface area is 115 Å². The van der Waals surface area contributed by atoms with Crippen LogP contribution >= 0.6 is 0 Å². The highest BCUT2D eigenvalue weighted by molar-refractivity contribution is 5.95. The lowest BCUT2D eigenvalue weighted by Gasteiger charge is -2.17. The highest BCUT2D eigenvalue weighted by Gasteiger charge is 2.52. The summed E-state index contributed by atoms with van der Waals surface area (Å²) < 4.78 is 15.9. The number of hydrogen-bond acceptors (Lipinski definition) is 6. The van der Waals surface area contributed by atoms with Crippen LogP contribution in [-0.2, 0) is 9.53 Å². The lowest BCUT2D eigenvalue weighted by molar-refractivity contribution is -0.125. The summed E-state index contributed by atoms with van der Waals surface area (Å²) in [7, 11) is 0.